The van der Waals surface area contributed by atoms with Crippen molar-refractivity contribution >= 4 is 0 Å². The molecule has 0 heterocycles. The molecule has 0 radical (unpaired) electrons. The molecule has 6 heteroatoms. The van der Waals surface area contributed by atoms with Crippen LogP contribution in [0.25, 0.3) is 0 Å². The first-order valence-corrected chi connectivity index (χ1v) is 12.1. The van der Waals surface area contributed by atoms with Gasteiger partial charge in [0.15, 0.2) is 23.0 Å². The maximum atomic E-state index is 6.10. The van der Waals surface area contributed by atoms with Crippen molar-refractivity contribution in [2.45, 2.75) is 61.8 Å². The molecular formula is C27H40O6. The SMILES string of the molecule is CCOc1cc(Cc2cc(OCC)c(C)c(OCC)c2OCC)c(OCC)c(OCC)c1C. The van der Waals surface area contributed by atoms with Crippen LogP contribution in [0.5, 0.6) is 34.5 Å². The molecule has 0 amide bonds. The molecule has 0 N–H and O–H groups in total. The van der Waals surface area contributed by atoms with Gasteiger partial charge in [-0.25, -0.2) is 0 Å². The van der Waals surface area contributed by atoms with Crippen LogP contribution in [-0.4, -0.2) is 39.6 Å². The summed E-state index contributed by atoms with van der Waals surface area (Å²) in [5.41, 5.74) is 3.79. The van der Waals surface area contributed by atoms with E-state index in [0.717, 1.165) is 56.8 Å². The first kappa shape index (κ1) is 26.5. The van der Waals surface area contributed by atoms with E-state index in [-0.39, 0.29) is 0 Å². The Morgan fingerprint density at radius 3 is 1.06 bits per heavy atom. The monoisotopic (exact) mass is 460 g/mol. The van der Waals surface area contributed by atoms with Crippen LogP contribution in [0.2, 0.25) is 0 Å². The van der Waals surface area contributed by atoms with Crippen LogP contribution in [0.4, 0.5) is 0 Å². The lowest BCUT2D eigenvalue weighted by Crippen LogP contribution is -2.09. The van der Waals surface area contributed by atoms with Crippen molar-refractivity contribution in [2.24, 2.45) is 0 Å². The first-order chi connectivity index (χ1) is 16.0. The molecule has 184 valence electrons. The second kappa shape index (κ2) is 13.1. The Morgan fingerprint density at radius 1 is 0.455 bits per heavy atom. The van der Waals surface area contributed by atoms with Gasteiger partial charge in [-0.05, 0) is 67.5 Å². The molecule has 0 aliphatic heterocycles. The Kier molecular flexibility index (Phi) is 10.5. The van der Waals surface area contributed by atoms with Crippen LogP contribution >= 0.6 is 0 Å². The van der Waals surface area contributed by atoms with Crippen LogP contribution in [0, 0.1) is 13.8 Å². The normalized spacial score (nSPS) is 10.7. The van der Waals surface area contributed by atoms with Crippen LogP contribution in [-0.2, 0) is 6.42 Å². The quantitative estimate of drug-likeness (QED) is 0.330. The van der Waals surface area contributed by atoms with Crippen molar-refractivity contribution < 1.29 is 28.4 Å². The second-order valence-corrected chi connectivity index (χ2v) is 7.41. The molecule has 0 spiro atoms. The molecule has 0 aliphatic rings. The van der Waals surface area contributed by atoms with Crippen LogP contribution in [0.1, 0.15) is 63.8 Å². The van der Waals surface area contributed by atoms with E-state index in [1.54, 1.807) is 0 Å². The average Bonchev–Trinajstić information content (AvgIpc) is 2.79. The summed E-state index contributed by atoms with van der Waals surface area (Å²) in [6.07, 6.45) is 0.547. The topological polar surface area (TPSA) is 55.4 Å². The Bertz CT molecular complexity index is 833. The van der Waals surface area contributed by atoms with E-state index >= 15 is 0 Å². The minimum Gasteiger partial charge on any atom is -0.493 e. The number of ether oxygens (including phenoxy) is 6. The Morgan fingerprint density at radius 2 is 0.758 bits per heavy atom. The van der Waals surface area contributed by atoms with Gasteiger partial charge in [0.1, 0.15) is 11.5 Å². The molecule has 2 rings (SSSR count). The molecule has 0 saturated heterocycles. The molecule has 2 aromatic rings. The Balaban J connectivity index is 2.75. The largest absolute Gasteiger partial charge is 0.493 e. The van der Waals surface area contributed by atoms with Crippen molar-refractivity contribution in [3.63, 3.8) is 0 Å². The zero-order valence-electron chi connectivity index (χ0n) is 21.6. The third-order valence-corrected chi connectivity index (χ3v) is 5.16. The van der Waals surface area contributed by atoms with E-state index in [0.29, 0.717) is 46.1 Å². The predicted molar refractivity (Wildman–Crippen MR) is 132 cm³/mol. The lowest BCUT2D eigenvalue weighted by molar-refractivity contribution is 0.275. The van der Waals surface area contributed by atoms with Gasteiger partial charge < -0.3 is 28.4 Å². The lowest BCUT2D eigenvalue weighted by Gasteiger charge is -2.23. The second-order valence-electron chi connectivity index (χ2n) is 7.41. The summed E-state index contributed by atoms with van der Waals surface area (Å²) in [6, 6.07) is 4.09. The predicted octanol–water partition coefficient (Wildman–Crippen LogP) is 6.29. The number of hydrogen-bond donors (Lipinski definition) is 0. The summed E-state index contributed by atoms with van der Waals surface area (Å²) in [5.74, 6) is 4.50. The van der Waals surface area contributed by atoms with E-state index in [1.807, 2.05) is 67.5 Å². The van der Waals surface area contributed by atoms with Crippen LogP contribution in [0.3, 0.4) is 0 Å². The van der Waals surface area contributed by atoms with Crippen molar-refractivity contribution in [3.05, 3.63) is 34.4 Å². The standard InChI is InChI=1S/C27H40O6/c1-9-28-22-16-20(26(32-13-5)24(18(22)7)30-11-3)15-21-17-23(29-10-2)19(8)25(31-12-4)27(21)33-14-6/h16-17H,9-15H2,1-8H3. The third-order valence-electron chi connectivity index (χ3n) is 5.16. The summed E-state index contributed by atoms with van der Waals surface area (Å²) in [5, 5.41) is 0. The van der Waals surface area contributed by atoms with E-state index in [9.17, 15) is 0 Å². The maximum absolute atomic E-state index is 6.10. The molecule has 6 nitrogen and oxygen atoms in total. The molecular weight excluding hydrogens is 420 g/mol. The Labute approximate surface area is 199 Å². The van der Waals surface area contributed by atoms with E-state index in [1.165, 1.54) is 0 Å². The number of hydrogen-bond acceptors (Lipinski definition) is 6. The maximum Gasteiger partial charge on any atom is 0.168 e. The summed E-state index contributed by atoms with van der Waals surface area (Å²) in [7, 11) is 0. The van der Waals surface area contributed by atoms with Crippen LogP contribution < -0.4 is 28.4 Å². The third kappa shape index (κ3) is 6.18. The fraction of sp³-hybridized carbons (Fsp3) is 0.556. The lowest BCUT2D eigenvalue weighted by atomic mass is 9.98. The molecule has 0 atom stereocenters. The molecule has 0 bridgehead atoms. The highest BCUT2D eigenvalue weighted by atomic mass is 16.5. The molecule has 0 aromatic heterocycles. The number of benzene rings is 2. The summed E-state index contributed by atoms with van der Waals surface area (Å²) in [6.45, 7) is 19.1. The highest BCUT2D eigenvalue weighted by Crippen LogP contribution is 2.45. The molecule has 2 aromatic carbocycles. The van der Waals surface area contributed by atoms with Gasteiger partial charge in [0.05, 0.1) is 39.6 Å². The van der Waals surface area contributed by atoms with Gasteiger partial charge in [-0.3, -0.25) is 0 Å². The van der Waals surface area contributed by atoms with E-state index < -0.39 is 0 Å². The average molecular weight is 461 g/mol. The first-order valence-electron chi connectivity index (χ1n) is 12.1. The summed E-state index contributed by atoms with van der Waals surface area (Å²) >= 11 is 0. The van der Waals surface area contributed by atoms with Gasteiger partial charge in [-0.1, -0.05) is 0 Å². The molecule has 0 saturated carbocycles. The molecule has 33 heavy (non-hydrogen) atoms. The zero-order valence-corrected chi connectivity index (χ0v) is 21.6. The van der Waals surface area contributed by atoms with Gasteiger partial charge in [-0.15, -0.1) is 0 Å². The smallest absolute Gasteiger partial charge is 0.168 e. The zero-order chi connectivity index (χ0) is 24.4. The minimum atomic E-state index is 0.529. The highest BCUT2D eigenvalue weighted by Gasteiger charge is 2.24. The summed E-state index contributed by atoms with van der Waals surface area (Å²) in [4.78, 5) is 0. The van der Waals surface area contributed by atoms with Crippen molar-refractivity contribution in [3.8, 4) is 34.5 Å². The van der Waals surface area contributed by atoms with Crippen LogP contribution in [0.15, 0.2) is 12.1 Å². The van der Waals surface area contributed by atoms with Gasteiger partial charge >= 0.3 is 0 Å². The van der Waals surface area contributed by atoms with E-state index in [2.05, 4.69) is 0 Å². The fourth-order valence-electron chi connectivity index (χ4n) is 3.84. The van der Waals surface area contributed by atoms with Crippen molar-refractivity contribution in [2.75, 3.05) is 39.6 Å². The van der Waals surface area contributed by atoms with Gasteiger partial charge in [0, 0.05) is 28.7 Å². The van der Waals surface area contributed by atoms with Gasteiger partial charge in [0.2, 0.25) is 0 Å². The van der Waals surface area contributed by atoms with Crippen molar-refractivity contribution in [1.29, 1.82) is 0 Å². The molecule has 0 aliphatic carbocycles. The molecule has 0 fully saturated rings. The highest BCUT2D eigenvalue weighted by molar-refractivity contribution is 5.63. The summed E-state index contributed by atoms with van der Waals surface area (Å²) < 4.78 is 36.1. The van der Waals surface area contributed by atoms with Gasteiger partial charge in [0.25, 0.3) is 0 Å². The van der Waals surface area contributed by atoms with E-state index in [4.69, 9.17) is 28.4 Å². The van der Waals surface area contributed by atoms with Crippen molar-refractivity contribution in [1.82, 2.24) is 0 Å². The van der Waals surface area contributed by atoms with Gasteiger partial charge in [-0.2, -0.15) is 0 Å². The fourth-order valence-corrected chi connectivity index (χ4v) is 3.84. The Hall–Kier alpha value is -2.76. The molecule has 0 unspecified atom stereocenters. The minimum absolute atomic E-state index is 0.529. The number of rotatable bonds is 14.